The van der Waals surface area contributed by atoms with Crippen LogP contribution in [0.25, 0.3) is 0 Å². The molecule has 1 saturated heterocycles. The minimum Gasteiger partial charge on any atom is -0.354 e. The van der Waals surface area contributed by atoms with Crippen LogP contribution in [0.4, 0.5) is 30.2 Å². The Bertz CT molecular complexity index is 1020. The van der Waals surface area contributed by atoms with Gasteiger partial charge in [-0.25, -0.2) is 0 Å². The fourth-order valence-electron chi connectivity index (χ4n) is 3.64. The zero-order chi connectivity index (χ0) is 22.6. The standard InChI is InChI=1S/C22H21F3N4O2/c1-14(30)27-19-6-5-17(12-20(19)28-18-4-2-3-15(11-18)13-26)16-7-9-29(10-8-16)21(31)22(23,24)25/h2-6,11-12,16,28H,7-10H2,1H3,(H,27,30). The van der Waals surface area contributed by atoms with Crippen LogP contribution in [0.5, 0.6) is 0 Å². The van der Waals surface area contributed by atoms with Crippen molar-refractivity contribution in [3.8, 4) is 6.07 Å². The first kappa shape index (κ1) is 22.2. The first-order valence-corrected chi connectivity index (χ1v) is 9.72. The van der Waals surface area contributed by atoms with E-state index in [0.717, 1.165) is 10.5 Å². The van der Waals surface area contributed by atoms with Crippen LogP contribution >= 0.6 is 0 Å². The largest absolute Gasteiger partial charge is 0.471 e. The molecule has 2 aromatic rings. The number of nitrogens with one attached hydrogen (secondary N) is 2. The highest BCUT2D eigenvalue weighted by Gasteiger charge is 2.43. The zero-order valence-electron chi connectivity index (χ0n) is 16.8. The number of benzene rings is 2. The summed E-state index contributed by atoms with van der Waals surface area (Å²) in [6, 6.07) is 14.3. The minimum atomic E-state index is -4.86. The van der Waals surface area contributed by atoms with Gasteiger partial charge < -0.3 is 15.5 Å². The van der Waals surface area contributed by atoms with Crippen molar-refractivity contribution in [2.75, 3.05) is 23.7 Å². The van der Waals surface area contributed by atoms with Crippen LogP contribution in [-0.4, -0.2) is 36.0 Å². The van der Waals surface area contributed by atoms with Gasteiger partial charge in [-0.1, -0.05) is 12.1 Å². The smallest absolute Gasteiger partial charge is 0.354 e. The van der Waals surface area contributed by atoms with Crippen molar-refractivity contribution in [1.29, 1.82) is 5.26 Å². The Labute approximate surface area is 177 Å². The minimum absolute atomic E-state index is 0.0188. The van der Waals surface area contributed by atoms with E-state index in [2.05, 4.69) is 16.7 Å². The number of piperidine rings is 1. The molecule has 6 nitrogen and oxygen atoms in total. The highest BCUT2D eigenvalue weighted by molar-refractivity contribution is 5.93. The van der Waals surface area contributed by atoms with Crippen molar-refractivity contribution in [2.24, 2.45) is 0 Å². The molecular formula is C22H21F3N4O2. The van der Waals surface area contributed by atoms with E-state index in [9.17, 15) is 22.8 Å². The summed E-state index contributed by atoms with van der Waals surface area (Å²) in [6.45, 7) is 1.45. The molecule has 1 aliphatic heterocycles. The van der Waals surface area contributed by atoms with Crippen LogP contribution in [0, 0.1) is 11.3 Å². The third-order valence-electron chi connectivity index (χ3n) is 5.12. The molecule has 1 aliphatic rings. The monoisotopic (exact) mass is 430 g/mol. The molecule has 2 amide bonds. The van der Waals surface area contributed by atoms with Gasteiger partial charge in [0.2, 0.25) is 5.91 Å². The van der Waals surface area contributed by atoms with Gasteiger partial charge in [0.25, 0.3) is 0 Å². The van der Waals surface area contributed by atoms with E-state index < -0.39 is 12.1 Å². The van der Waals surface area contributed by atoms with Gasteiger partial charge in [-0.05, 0) is 54.7 Å². The molecule has 0 radical (unpaired) electrons. The van der Waals surface area contributed by atoms with Crippen molar-refractivity contribution in [2.45, 2.75) is 31.9 Å². The Balaban J connectivity index is 1.81. The third-order valence-corrected chi connectivity index (χ3v) is 5.12. The Morgan fingerprint density at radius 2 is 1.81 bits per heavy atom. The third kappa shape index (κ3) is 5.54. The van der Waals surface area contributed by atoms with Crippen molar-refractivity contribution in [1.82, 2.24) is 4.90 Å². The van der Waals surface area contributed by atoms with E-state index in [4.69, 9.17) is 5.26 Å². The zero-order valence-corrected chi connectivity index (χ0v) is 16.8. The predicted octanol–water partition coefficient (Wildman–Crippen LogP) is 4.53. The summed E-state index contributed by atoms with van der Waals surface area (Å²) in [4.78, 5) is 23.9. The molecule has 31 heavy (non-hydrogen) atoms. The maximum absolute atomic E-state index is 12.7. The molecule has 0 aromatic heterocycles. The van der Waals surface area contributed by atoms with Crippen LogP contribution in [0.1, 0.15) is 36.8 Å². The average molecular weight is 430 g/mol. The number of nitrogens with zero attached hydrogens (tertiary/aromatic N) is 2. The number of alkyl halides is 3. The average Bonchev–Trinajstić information content (AvgIpc) is 2.74. The SMILES string of the molecule is CC(=O)Nc1ccc(C2CCN(C(=O)C(F)(F)F)CC2)cc1Nc1cccc(C#N)c1. The topological polar surface area (TPSA) is 85.2 Å². The first-order valence-electron chi connectivity index (χ1n) is 9.72. The number of likely N-dealkylation sites (tertiary alicyclic amines) is 1. The second-order valence-corrected chi connectivity index (χ2v) is 7.37. The molecule has 0 bridgehead atoms. The summed E-state index contributed by atoms with van der Waals surface area (Å²) in [5, 5.41) is 15.0. The lowest BCUT2D eigenvalue weighted by Crippen LogP contribution is -2.45. The number of hydrogen-bond donors (Lipinski definition) is 2. The summed E-state index contributed by atoms with van der Waals surface area (Å²) in [6.07, 6.45) is -4.04. The summed E-state index contributed by atoms with van der Waals surface area (Å²) in [7, 11) is 0. The lowest BCUT2D eigenvalue weighted by Gasteiger charge is -2.33. The molecule has 0 atom stereocenters. The summed E-state index contributed by atoms with van der Waals surface area (Å²) in [5.74, 6) is -2.07. The van der Waals surface area contributed by atoms with Gasteiger partial charge in [-0.2, -0.15) is 18.4 Å². The van der Waals surface area contributed by atoms with E-state index in [1.54, 1.807) is 30.3 Å². The number of carbonyl (C=O) groups excluding carboxylic acids is 2. The van der Waals surface area contributed by atoms with Crippen LogP contribution in [0.2, 0.25) is 0 Å². The molecule has 2 N–H and O–H groups in total. The van der Waals surface area contributed by atoms with E-state index in [-0.39, 0.29) is 24.9 Å². The number of halogens is 3. The maximum Gasteiger partial charge on any atom is 0.471 e. The van der Waals surface area contributed by atoms with Crippen LogP contribution in [-0.2, 0) is 9.59 Å². The number of amides is 2. The number of nitriles is 1. The highest BCUT2D eigenvalue weighted by atomic mass is 19.4. The van der Waals surface area contributed by atoms with Gasteiger partial charge in [0, 0.05) is 25.7 Å². The van der Waals surface area contributed by atoms with E-state index in [1.807, 2.05) is 12.1 Å². The lowest BCUT2D eigenvalue weighted by atomic mass is 9.89. The van der Waals surface area contributed by atoms with Gasteiger partial charge in [0.1, 0.15) is 0 Å². The van der Waals surface area contributed by atoms with Gasteiger partial charge in [0.05, 0.1) is 23.0 Å². The molecule has 0 saturated carbocycles. The van der Waals surface area contributed by atoms with Crippen molar-refractivity contribution in [3.05, 3.63) is 53.6 Å². The number of hydrogen-bond acceptors (Lipinski definition) is 4. The highest BCUT2D eigenvalue weighted by Crippen LogP contribution is 2.35. The molecule has 0 unspecified atom stereocenters. The van der Waals surface area contributed by atoms with Crippen molar-refractivity contribution >= 4 is 28.9 Å². The predicted molar refractivity (Wildman–Crippen MR) is 110 cm³/mol. The van der Waals surface area contributed by atoms with Gasteiger partial charge in [0.15, 0.2) is 0 Å². The van der Waals surface area contributed by atoms with Crippen LogP contribution in [0.15, 0.2) is 42.5 Å². The van der Waals surface area contributed by atoms with Crippen LogP contribution in [0.3, 0.4) is 0 Å². The maximum atomic E-state index is 12.7. The number of anilines is 3. The van der Waals surface area contributed by atoms with Gasteiger partial charge in [-0.15, -0.1) is 0 Å². The molecule has 2 aromatic carbocycles. The fraction of sp³-hybridized carbons (Fsp3) is 0.318. The summed E-state index contributed by atoms with van der Waals surface area (Å²) >= 11 is 0. The molecular weight excluding hydrogens is 409 g/mol. The summed E-state index contributed by atoms with van der Waals surface area (Å²) < 4.78 is 38.0. The quantitative estimate of drug-likeness (QED) is 0.747. The van der Waals surface area contributed by atoms with Crippen molar-refractivity contribution < 1.29 is 22.8 Å². The van der Waals surface area contributed by atoms with Crippen molar-refractivity contribution in [3.63, 3.8) is 0 Å². The Morgan fingerprint density at radius 3 is 2.42 bits per heavy atom. The first-order chi connectivity index (χ1) is 14.7. The lowest BCUT2D eigenvalue weighted by molar-refractivity contribution is -0.186. The van der Waals surface area contributed by atoms with E-state index in [0.29, 0.717) is 35.5 Å². The van der Waals surface area contributed by atoms with E-state index >= 15 is 0 Å². The molecule has 3 rings (SSSR count). The normalized spacial score (nSPS) is 14.6. The van der Waals surface area contributed by atoms with Gasteiger partial charge >= 0.3 is 12.1 Å². The van der Waals surface area contributed by atoms with Crippen LogP contribution < -0.4 is 10.6 Å². The molecule has 1 fully saturated rings. The summed E-state index contributed by atoms with van der Waals surface area (Å²) in [5.41, 5.74) is 3.18. The fourth-order valence-corrected chi connectivity index (χ4v) is 3.64. The molecule has 9 heteroatoms. The van der Waals surface area contributed by atoms with Gasteiger partial charge in [-0.3, -0.25) is 9.59 Å². The molecule has 0 spiro atoms. The Morgan fingerprint density at radius 1 is 1.10 bits per heavy atom. The second-order valence-electron chi connectivity index (χ2n) is 7.37. The number of carbonyl (C=O) groups is 2. The molecule has 0 aliphatic carbocycles. The molecule has 1 heterocycles. The molecule has 162 valence electrons. The number of rotatable bonds is 4. The Kier molecular flexibility index (Phi) is 6.49. The second kappa shape index (κ2) is 9.08. The van der Waals surface area contributed by atoms with E-state index in [1.165, 1.54) is 6.92 Å². The Hall–Kier alpha value is -3.54.